The number of carbonyl (C=O) groups is 1. The Hall–Kier alpha value is -2.80. The Morgan fingerprint density at radius 2 is 1.83 bits per heavy atom. The fourth-order valence-corrected chi connectivity index (χ4v) is 5.50. The summed E-state index contributed by atoms with van der Waals surface area (Å²) in [5.74, 6) is -6.86. The minimum absolute atomic E-state index is 0.0575. The molecule has 0 spiro atoms. The van der Waals surface area contributed by atoms with Crippen molar-refractivity contribution in [3.8, 4) is 11.3 Å². The van der Waals surface area contributed by atoms with E-state index in [1.807, 2.05) is 18.7 Å². The van der Waals surface area contributed by atoms with Gasteiger partial charge in [0, 0.05) is 43.4 Å². The molecule has 1 saturated carbocycles. The molecule has 5 nitrogen and oxygen atoms in total. The van der Waals surface area contributed by atoms with E-state index in [4.69, 9.17) is 4.74 Å². The van der Waals surface area contributed by atoms with Crippen molar-refractivity contribution in [1.82, 2.24) is 15.2 Å². The van der Waals surface area contributed by atoms with Crippen molar-refractivity contribution in [3.63, 3.8) is 0 Å². The fraction of sp³-hybridized carbons (Fsp3) is 0.571. The molecule has 2 aromatic rings. The summed E-state index contributed by atoms with van der Waals surface area (Å²) in [7, 11) is 0. The molecule has 0 unspecified atom stereocenters. The van der Waals surface area contributed by atoms with E-state index >= 15 is 8.78 Å². The lowest BCUT2D eigenvalue weighted by Gasteiger charge is -2.42. The van der Waals surface area contributed by atoms with Crippen molar-refractivity contribution in [2.45, 2.75) is 88.5 Å². The molecule has 2 aliphatic rings. The highest BCUT2D eigenvalue weighted by atomic mass is 19.4. The van der Waals surface area contributed by atoms with E-state index in [9.17, 15) is 31.1 Å². The number of rotatable bonds is 7. The fourth-order valence-electron chi connectivity index (χ4n) is 5.50. The average molecular weight is 594 g/mol. The van der Waals surface area contributed by atoms with Gasteiger partial charge in [-0.3, -0.25) is 14.7 Å². The first-order valence-corrected chi connectivity index (χ1v) is 13.4. The molecule has 0 radical (unpaired) electrons. The first kappa shape index (κ1) is 31.1. The van der Waals surface area contributed by atoms with Gasteiger partial charge < -0.3 is 10.1 Å². The number of benzene rings is 1. The van der Waals surface area contributed by atoms with Crippen molar-refractivity contribution >= 4 is 5.91 Å². The Balaban J connectivity index is 1.55. The van der Waals surface area contributed by atoms with Gasteiger partial charge in [-0.15, -0.1) is 0 Å². The van der Waals surface area contributed by atoms with Gasteiger partial charge in [0.25, 0.3) is 5.92 Å². The molecular formula is C28H31F8N3O2. The quantitative estimate of drug-likeness (QED) is 0.395. The number of pyridine rings is 1. The normalized spacial score (nSPS) is 25.3. The van der Waals surface area contributed by atoms with E-state index in [0.717, 1.165) is 12.3 Å². The summed E-state index contributed by atoms with van der Waals surface area (Å²) in [5.41, 5.74) is -3.35. The molecule has 1 N–H and O–H groups in total. The largest absolute Gasteiger partial charge is 0.418 e. The number of piperidine rings is 1. The molecule has 1 saturated heterocycles. The van der Waals surface area contributed by atoms with Gasteiger partial charge in [0.2, 0.25) is 5.91 Å². The third-order valence-corrected chi connectivity index (χ3v) is 7.54. The van der Waals surface area contributed by atoms with Gasteiger partial charge in [0.15, 0.2) is 0 Å². The van der Waals surface area contributed by atoms with E-state index in [1.54, 1.807) is 0 Å². The van der Waals surface area contributed by atoms with Crippen LogP contribution >= 0.6 is 0 Å². The Labute approximate surface area is 232 Å². The number of hydrogen-bond donors (Lipinski definition) is 1. The first-order chi connectivity index (χ1) is 19.2. The maximum atomic E-state index is 15.0. The van der Waals surface area contributed by atoms with E-state index in [1.165, 1.54) is 0 Å². The first-order valence-electron chi connectivity index (χ1n) is 13.4. The molecule has 41 heavy (non-hydrogen) atoms. The number of nitrogens with zero attached hydrogens (tertiary/aromatic N) is 2. The number of ether oxygens (including phenoxy) is 1. The Bertz CT molecular complexity index is 1220. The zero-order chi connectivity index (χ0) is 30.1. The molecule has 0 bridgehead atoms. The molecule has 1 aliphatic carbocycles. The molecule has 226 valence electrons. The lowest BCUT2D eigenvalue weighted by molar-refractivity contribution is -0.167. The van der Waals surface area contributed by atoms with E-state index in [-0.39, 0.29) is 31.8 Å². The van der Waals surface area contributed by atoms with Gasteiger partial charge in [0.05, 0.1) is 29.9 Å². The number of hydrogen-bond acceptors (Lipinski definition) is 4. The summed E-state index contributed by atoms with van der Waals surface area (Å²) in [6, 6.07) is 0.917. The number of alkyl halides is 6. The molecule has 4 atom stereocenters. The highest BCUT2D eigenvalue weighted by molar-refractivity contribution is 5.80. The van der Waals surface area contributed by atoms with E-state index < -0.39 is 89.3 Å². The summed E-state index contributed by atoms with van der Waals surface area (Å²) in [5, 5.41) is 2.14. The third-order valence-electron chi connectivity index (χ3n) is 7.54. The van der Waals surface area contributed by atoms with Crippen molar-refractivity contribution in [1.29, 1.82) is 0 Å². The Morgan fingerprint density at radius 1 is 1.15 bits per heavy atom. The predicted molar refractivity (Wildman–Crippen MR) is 134 cm³/mol. The van der Waals surface area contributed by atoms with Crippen LogP contribution in [0.15, 0.2) is 30.5 Å². The molecule has 4 rings (SSSR count). The summed E-state index contributed by atoms with van der Waals surface area (Å²) in [6.45, 7) is 4.39. The van der Waals surface area contributed by atoms with Gasteiger partial charge in [-0.1, -0.05) is 0 Å². The SMILES string of the molecule is CC(C)N1CC[C@@H](O[C@H]2CCCC(F)(F)[C@@H]2NC(=O)Cc2ccnc(-c3cc(F)cc(F)c3)c2C(F)(F)F)[C@@H](F)C1. The van der Waals surface area contributed by atoms with Crippen LogP contribution in [0.1, 0.15) is 50.7 Å². The Morgan fingerprint density at radius 3 is 2.44 bits per heavy atom. The van der Waals surface area contributed by atoms with Crippen LogP contribution in [0.25, 0.3) is 11.3 Å². The van der Waals surface area contributed by atoms with Gasteiger partial charge in [-0.2, -0.15) is 13.2 Å². The molecule has 2 fully saturated rings. The van der Waals surface area contributed by atoms with Crippen LogP contribution in [0.4, 0.5) is 35.1 Å². The highest BCUT2D eigenvalue weighted by Gasteiger charge is 2.50. The highest BCUT2D eigenvalue weighted by Crippen LogP contribution is 2.40. The average Bonchev–Trinajstić information content (AvgIpc) is 2.85. The zero-order valence-electron chi connectivity index (χ0n) is 22.5. The van der Waals surface area contributed by atoms with Crippen molar-refractivity contribution < 1.29 is 44.7 Å². The summed E-state index contributed by atoms with van der Waals surface area (Å²) in [4.78, 5) is 18.5. The third kappa shape index (κ3) is 7.35. The molecule has 1 aliphatic heterocycles. The second-order valence-corrected chi connectivity index (χ2v) is 10.8. The van der Waals surface area contributed by atoms with Crippen LogP contribution in [0.3, 0.4) is 0 Å². The predicted octanol–water partition coefficient (Wildman–Crippen LogP) is 6.10. The molecule has 2 heterocycles. The van der Waals surface area contributed by atoms with Crippen molar-refractivity contribution in [2.24, 2.45) is 0 Å². The lowest BCUT2D eigenvalue weighted by atomic mass is 9.88. The minimum Gasteiger partial charge on any atom is -0.369 e. The maximum absolute atomic E-state index is 15.0. The molecule has 13 heteroatoms. The topological polar surface area (TPSA) is 54.5 Å². The molecule has 1 aromatic heterocycles. The number of nitrogens with one attached hydrogen (secondary N) is 1. The van der Waals surface area contributed by atoms with Crippen molar-refractivity contribution in [3.05, 3.63) is 53.2 Å². The molecular weight excluding hydrogens is 562 g/mol. The van der Waals surface area contributed by atoms with Gasteiger partial charge in [0.1, 0.15) is 23.8 Å². The zero-order valence-corrected chi connectivity index (χ0v) is 22.5. The summed E-state index contributed by atoms with van der Waals surface area (Å²) < 4.78 is 121. The number of aromatic nitrogens is 1. The summed E-state index contributed by atoms with van der Waals surface area (Å²) >= 11 is 0. The van der Waals surface area contributed by atoms with Crippen molar-refractivity contribution in [2.75, 3.05) is 13.1 Å². The van der Waals surface area contributed by atoms with Gasteiger partial charge in [-0.25, -0.2) is 22.0 Å². The molecule has 1 amide bonds. The number of carbonyl (C=O) groups excluding carboxylic acids is 1. The van der Waals surface area contributed by atoms with Crippen LogP contribution in [-0.4, -0.2) is 65.3 Å². The minimum atomic E-state index is -5.09. The van der Waals surface area contributed by atoms with Crippen LogP contribution in [0, 0.1) is 11.6 Å². The van der Waals surface area contributed by atoms with Gasteiger partial charge >= 0.3 is 6.18 Å². The van der Waals surface area contributed by atoms with Crippen LogP contribution in [0.2, 0.25) is 0 Å². The summed E-state index contributed by atoms with van der Waals surface area (Å²) in [6.07, 6.45) is -8.94. The Kier molecular flexibility index (Phi) is 9.27. The number of likely N-dealkylation sites (tertiary alicyclic amines) is 1. The van der Waals surface area contributed by atoms with Crippen LogP contribution in [-0.2, 0) is 22.1 Å². The van der Waals surface area contributed by atoms with Gasteiger partial charge in [-0.05, 0) is 56.9 Å². The van der Waals surface area contributed by atoms with Crippen LogP contribution in [0.5, 0.6) is 0 Å². The lowest BCUT2D eigenvalue weighted by Crippen LogP contribution is -2.59. The second-order valence-electron chi connectivity index (χ2n) is 10.8. The number of halogens is 8. The van der Waals surface area contributed by atoms with E-state index in [2.05, 4.69) is 10.3 Å². The maximum Gasteiger partial charge on any atom is 0.418 e. The second kappa shape index (κ2) is 12.2. The smallest absolute Gasteiger partial charge is 0.369 e. The monoisotopic (exact) mass is 593 g/mol. The van der Waals surface area contributed by atoms with E-state index in [0.29, 0.717) is 24.7 Å². The van der Waals surface area contributed by atoms with Crippen LogP contribution < -0.4 is 5.32 Å². The number of amides is 1. The standard InChI is InChI=1S/C28H31F8N3O2/c1-15(2)39-9-6-21(20(31)14-39)41-22-4-3-7-27(32,33)26(22)38-23(40)12-16-5-8-37-25(24(16)28(34,35)36)17-10-18(29)13-19(30)11-17/h5,8,10-11,13,15,20-22,26H,3-4,6-7,9,12,14H2,1-2H3,(H,38,40)/t20-,21+,22-,26+/m0/s1. The molecule has 1 aromatic carbocycles.